The summed E-state index contributed by atoms with van der Waals surface area (Å²) < 4.78 is 20.8. The van der Waals surface area contributed by atoms with Crippen LogP contribution in [0.3, 0.4) is 0 Å². The standard InChI is InChI=1S/C17H10FN5O.C4H8O/c18-11-4-1-3-10(8-19)15(11)12-7-14(23-6-2-5-21-23)16-13(22-12)9-20-17(16)24;1-2-4-5-3-1/h1-7H,9H2,(H,20,24);1-4H2. The summed E-state index contributed by atoms with van der Waals surface area (Å²) in [6.45, 7) is 2.26. The van der Waals surface area contributed by atoms with Crippen LogP contribution in [0.4, 0.5) is 4.39 Å². The van der Waals surface area contributed by atoms with Crippen molar-refractivity contribution in [1.82, 2.24) is 20.1 Å². The molecule has 4 heterocycles. The number of aromatic nitrogens is 3. The van der Waals surface area contributed by atoms with E-state index >= 15 is 0 Å². The number of carbonyl (C=O) groups excluding carboxylic acids is 1. The van der Waals surface area contributed by atoms with Crippen molar-refractivity contribution in [3.8, 4) is 23.0 Å². The largest absolute Gasteiger partial charge is 0.381 e. The first kappa shape index (κ1) is 18.8. The van der Waals surface area contributed by atoms with Gasteiger partial charge in [-0.05, 0) is 37.1 Å². The molecular weight excluding hydrogens is 373 g/mol. The van der Waals surface area contributed by atoms with E-state index in [1.807, 2.05) is 6.07 Å². The summed E-state index contributed by atoms with van der Waals surface area (Å²) in [6, 6.07) is 9.57. The van der Waals surface area contributed by atoms with Crippen LogP contribution < -0.4 is 5.32 Å². The van der Waals surface area contributed by atoms with Crippen LogP contribution in [0, 0.1) is 17.1 Å². The molecule has 2 aromatic heterocycles. The van der Waals surface area contributed by atoms with E-state index in [0.717, 1.165) is 13.2 Å². The number of carbonyl (C=O) groups is 1. The molecule has 5 rings (SSSR count). The van der Waals surface area contributed by atoms with Gasteiger partial charge in [-0.2, -0.15) is 10.4 Å². The second kappa shape index (κ2) is 8.20. The molecule has 2 aliphatic rings. The predicted molar refractivity (Wildman–Crippen MR) is 103 cm³/mol. The number of nitrogens with zero attached hydrogens (tertiary/aromatic N) is 4. The van der Waals surface area contributed by atoms with Crippen molar-refractivity contribution in [2.45, 2.75) is 19.4 Å². The smallest absolute Gasteiger partial charge is 0.255 e. The van der Waals surface area contributed by atoms with Crippen molar-refractivity contribution in [3.05, 3.63) is 65.4 Å². The number of pyridine rings is 1. The maximum Gasteiger partial charge on any atom is 0.255 e. The van der Waals surface area contributed by atoms with E-state index in [-0.39, 0.29) is 23.6 Å². The molecule has 1 saturated heterocycles. The number of nitriles is 1. The molecule has 146 valence electrons. The zero-order valence-electron chi connectivity index (χ0n) is 15.6. The molecule has 1 aromatic carbocycles. The Morgan fingerprint density at radius 1 is 1.21 bits per heavy atom. The van der Waals surface area contributed by atoms with Gasteiger partial charge in [-0.15, -0.1) is 0 Å². The topological polar surface area (TPSA) is 92.8 Å². The SMILES string of the molecule is C1CCOC1.N#Cc1cccc(F)c1-c1cc(-n2cccn2)c2c(n1)CNC2=O. The Hall–Kier alpha value is -3.57. The van der Waals surface area contributed by atoms with Gasteiger partial charge in [0.1, 0.15) is 5.82 Å². The summed E-state index contributed by atoms with van der Waals surface area (Å²) in [7, 11) is 0. The first-order valence-electron chi connectivity index (χ1n) is 9.28. The maximum absolute atomic E-state index is 14.3. The molecule has 0 atom stereocenters. The van der Waals surface area contributed by atoms with Gasteiger partial charge >= 0.3 is 0 Å². The average Bonchev–Trinajstić information content (AvgIpc) is 3.51. The van der Waals surface area contributed by atoms with Crippen molar-refractivity contribution >= 4 is 5.91 Å². The molecule has 1 fully saturated rings. The highest BCUT2D eigenvalue weighted by Gasteiger charge is 2.27. The summed E-state index contributed by atoms with van der Waals surface area (Å²) in [5.74, 6) is -0.784. The molecule has 1 amide bonds. The van der Waals surface area contributed by atoms with Crippen molar-refractivity contribution in [3.63, 3.8) is 0 Å². The quantitative estimate of drug-likeness (QED) is 0.725. The highest BCUT2D eigenvalue weighted by atomic mass is 19.1. The fourth-order valence-electron chi connectivity index (χ4n) is 3.32. The fourth-order valence-corrected chi connectivity index (χ4v) is 3.32. The molecule has 0 unspecified atom stereocenters. The van der Waals surface area contributed by atoms with Gasteiger partial charge in [0.2, 0.25) is 0 Å². The molecule has 8 heteroatoms. The Balaban J connectivity index is 0.000000359. The fraction of sp³-hybridized carbons (Fsp3) is 0.238. The minimum Gasteiger partial charge on any atom is -0.381 e. The minimum absolute atomic E-state index is 0.121. The van der Waals surface area contributed by atoms with Gasteiger partial charge in [0, 0.05) is 25.6 Å². The highest BCUT2D eigenvalue weighted by molar-refractivity contribution is 6.01. The minimum atomic E-state index is -0.537. The molecule has 0 radical (unpaired) electrons. The lowest BCUT2D eigenvalue weighted by atomic mass is 10.0. The van der Waals surface area contributed by atoms with Crippen molar-refractivity contribution in [2.75, 3.05) is 13.2 Å². The van der Waals surface area contributed by atoms with Crippen LogP contribution in [0.25, 0.3) is 16.9 Å². The molecule has 7 nitrogen and oxygen atoms in total. The number of hydrogen-bond acceptors (Lipinski definition) is 5. The van der Waals surface area contributed by atoms with E-state index in [1.165, 1.54) is 35.7 Å². The summed E-state index contributed by atoms with van der Waals surface area (Å²) in [5, 5.41) is 16.1. The molecular formula is C21H18FN5O2. The molecule has 0 bridgehead atoms. The molecule has 0 spiro atoms. The molecule has 3 aromatic rings. The summed E-state index contributed by atoms with van der Waals surface area (Å²) in [5.41, 5.74) is 2.03. The summed E-state index contributed by atoms with van der Waals surface area (Å²) >= 11 is 0. The Labute approximate surface area is 166 Å². The number of hydrogen-bond donors (Lipinski definition) is 1. The van der Waals surface area contributed by atoms with Crippen molar-refractivity contribution in [1.29, 1.82) is 5.26 Å². The number of ether oxygens (including phenoxy) is 1. The molecule has 0 saturated carbocycles. The lowest BCUT2D eigenvalue weighted by Gasteiger charge is -2.11. The number of halogens is 1. The zero-order chi connectivity index (χ0) is 20.2. The van der Waals surface area contributed by atoms with Gasteiger partial charge in [-0.25, -0.2) is 14.1 Å². The van der Waals surface area contributed by atoms with E-state index in [4.69, 9.17) is 4.74 Å². The highest BCUT2D eigenvalue weighted by Crippen LogP contribution is 2.31. The summed E-state index contributed by atoms with van der Waals surface area (Å²) in [6.07, 6.45) is 5.83. The second-order valence-electron chi connectivity index (χ2n) is 6.58. The van der Waals surface area contributed by atoms with E-state index in [9.17, 15) is 14.4 Å². The first-order chi connectivity index (χ1) is 14.2. The second-order valence-corrected chi connectivity index (χ2v) is 6.58. The summed E-state index contributed by atoms with van der Waals surface area (Å²) in [4.78, 5) is 16.5. The van der Waals surface area contributed by atoms with Crippen LogP contribution in [-0.4, -0.2) is 33.9 Å². The Morgan fingerprint density at radius 2 is 2.03 bits per heavy atom. The first-order valence-corrected chi connectivity index (χ1v) is 9.28. The van der Waals surface area contributed by atoms with Gasteiger partial charge < -0.3 is 10.1 Å². The molecule has 29 heavy (non-hydrogen) atoms. The molecule has 2 aliphatic heterocycles. The molecule has 1 N–H and O–H groups in total. The normalized spacial score (nSPS) is 14.6. The third-order valence-corrected chi connectivity index (χ3v) is 4.69. The van der Waals surface area contributed by atoms with Gasteiger partial charge in [-0.3, -0.25) is 4.79 Å². The number of rotatable bonds is 2. The third-order valence-electron chi connectivity index (χ3n) is 4.69. The Kier molecular flexibility index (Phi) is 5.31. The van der Waals surface area contributed by atoms with Gasteiger partial charge in [-0.1, -0.05) is 6.07 Å². The number of fused-ring (bicyclic) bond motifs is 1. The van der Waals surface area contributed by atoms with E-state index < -0.39 is 5.82 Å². The number of nitrogens with one attached hydrogen (secondary N) is 1. The Bertz CT molecular complexity index is 1080. The van der Waals surface area contributed by atoms with Crippen LogP contribution in [0.15, 0.2) is 42.7 Å². The van der Waals surface area contributed by atoms with Gasteiger partial charge in [0.15, 0.2) is 0 Å². The monoisotopic (exact) mass is 391 g/mol. The maximum atomic E-state index is 14.3. The third kappa shape index (κ3) is 3.73. The zero-order valence-corrected chi connectivity index (χ0v) is 15.6. The number of benzene rings is 1. The van der Waals surface area contributed by atoms with Gasteiger partial charge in [0.25, 0.3) is 5.91 Å². The van der Waals surface area contributed by atoms with E-state index in [0.29, 0.717) is 22.6 Å². The van der Waals surface area contributed by atoms with E-state index in [1.54, 1.807) is 24.5 Å². The van der Waals surface area contributed by atoms with Crippen LogP contribution in [-0.2, 0) is 11.3 Å². The lowest BCUT2D eigenvalue weighted by molar-refractivity contribution is 0.0965. The Morgan fingerprint density at radius 3 is 2.69 bits per heavy atom. The average molecular weight is 391 g/mol. The number of amides is 1. The van der Waals surface area contributed by atoms with Gasteiger partial charge in [0.05, 0.1) is 46.4 Å². The molecule has 0 aliphatic carbocycles. The van der Waals surface area contributed by atoms with Crippen LogP contribution in [0.5, 0.6) is 0 Å². The van der Waals surface area contributed by atoms with Crippen molar-refractivity contribution in [2.24, 2.45) is 0 Å². The predicted octanol–water partition coefficient (Wildman–Crippen LogP) is 2.99. The van der Waals surface area contributed by atoms with Crippen LogP contribution in [0.2, 0.25) is 0 Å². The lowest BCUT2D eigenvalue weighted by Crippen LogP contribution is -2.14. The van der Waals surface area contributed by atoms with Crippen LogP contribution >= 0.6 is 0 Å². The van der Waals surface area contributed by atoms with E-state index in [2.05, 4.69) is 15.4 Å². The van der Waals surface area contributed by atoms with Crippen LogP contribution in [0.1, 0.15) is 34.5 Å². The van der Waals surface area contributed by atoms with Crippen molar-refractivity contribution < 1.29 is 13.9 Å².